The van der Waals surface area contributed by atoms with Gasteiger partial charge in [-0.05, 0) is 5.92 Å². The highest BCUT2D eigenvalue weighted by Crippen LogP contribution is 2.24. The van der Waals surface area contributed by atoms with E-state index in [1.165, 1.54) is 160 Å². The molecule has 0 rings (SSSR count). The molecule has 0 saturated carbocycles. The topological polar surface area (TPSA) is 0 Å². The van der Waals surface area contributed by atoms with Gasteiger partial charge < -0.3 is 0 Å². The smallest absolute Gasteiger partial charge is 0.0908 e. The minimum absolute atomic E-state index is 0.0350. The second kappa shape index (κ2) is 28.0. The lowest BCUT2D eigenvalue weighted by atomic mass is 9.95. The zero-order valence-corrected chi connectivity index (χ0v) is 25.2. The number of alkyl halides is 2. The molecule has 0 heterocycles. The summed E-state index contributed by atoms with van der Waals surface area (Å²) in [6, 6.07) is 1.37. The zero-order chi connectivity index (χ0) is 23.5. The molecule has 0 amide bonds. The number of rotatable bonds is 27. The van der Waals surface area contributed by atoms with E-state index in [1.54, 1.807) is 0 Å². The summed E-state index contributed by atoms with van der Waals surface area (Å²) in [5, 5.41) is 0. The first-order valence-corrected chi connectivity index (χ1v) is 17.7. The minimum Gasteiger partial charge on any atom is -0.110 e. The average molecular weight is 508 g/mol. The fraction of sp³-hybridized carbons (Fsp3) is 1.00. The fourth-order valence-corrected chi connectivity index (χ4v) is 7.05. The third kappa shape index (κ3) is 27.0. The molecule has 32 heavy (non-hydrogen) atoms. The molecule has 0 radical (unpaired) electrons. The zero-order valence-electron chi connectivity index (χ0n) is 22.3. The standard InChI is InChI=1S/C29H60Cl2Si/c1-3-5-7-9-11-13-15-16-18-20-22-24-26-28(27-32-29(30)31)25-23-21-19-17-14-12-10-8-6-4-2/h28-29H,3-27,32H2,1-2H3. The highest BCUT2D eigenvalue weighted by Gasteiger charge is 2.11. The molecule has 0 nitrogen and oxygen atoms in total. The van der Waals surface area contributed by atoms with E-state index in [1.807, 2.05) is 0 Å². The molecule has 0 aliphatic rings. The molecular weight excluding hydrogens is 447 g/mol. The van der Waals surface area contributed by atoms with E-state index in [9.17, 15) is 0 Å². The van der Waals surface area contributed by atoms with Gasteiger partial charge in [-0.1, -0.05) is 174 Å². The molecule has 0 aliphatic heterocycles. The van der Waals surface area contributed by atoms with E-state index in [-0.39, 0.29) is 14.0 Å². The second-order valence-corrected chi connectivity index (χ2v) is 14.8. The lowest BCUT2D eigenvalue weighted by Crippen LogP contribution is -2.10. The van der Waals surface area contributed by atoms with Crippen LogP contribution in [0.4, 0.5) is 0 Å². The van der Waals surface area contributed by atoms with Crippen LogP contribution >= 0.6 is 23.2 Å². The Kier molecular flexibility index (Phi) is 28.7. The van der Waals surface area contributed by atoms with E-state index in [2.05, 4.69) is 13.8 Å². The van der Waals surface area contributed by atoms with Crippen molar-refractivity contribution in [3.63, 3.8) is 0 Å². The Balaban J connectivity index is 3.61. The van der Waals surface area contributed by atoms with Crippen molar-refractivity contribution in [3.05, 3.63) is 0 Å². The Labute approximate surface area is 216 Å². The molecule has 0 aromatic heterocycles. The molecule has 3 heteroatoms. The quantitative estimate of drug-likeness (QED) is 0.0589. The Bertz CT molecular complexity index is 335. The van der Waals surface area contributed by atoms with Gasteiger partial charge in [0, 0.05) is 0 Å². The molecule has 0 aliphatic carbocycles. The predicted molar refractivity (Wildman–Crippen MR) is 154 cm³/mol. The highest BCUT2D eigenvalue weighted by atomic mass is 35.5. The molecule has 1 unspecified atom stereocenters. The van der Waals surface area contributed by atoms with Gasteiger partial charge in [0.2, 0.25) is 0 Å². The number of hydrogen-bond donors (Lipinski definition) is 0. The van der Waals surface area contributed by atoms with Gasteiger partial charge in [-0.2, -0.15) is 0 Å². The van der Waals surface area contributed by atoms with Crippen LogP contribution in [-0.2, 0) is 0 Å². The van der Waals surface area contributed by atoms with Crippen LogP contribution < -0.4 is 0 Å². The van der Waals surface area contributed by atoms with Crippen LogP contribution in [0.15, 0.2) is 0 Å². The van der Waals surface area contributed by atoms with Crippen LogP contribution in [0.3, 0.4) is 0 Å². The molecule has 0 N–H and O–H groups in total. The maximum absolute atomic E-state index is 6.09. The van der Waals surface area contributed by atoms with Gasteiger partial charge in [-0.15, -0.1) is 23.2 Å². The molecule has 0 fully saturated rings. The van der Waals surface area contributed by atoms with E-state index in [0.717, 1.165) is 5.92 Å². The van der Waals surface area contributed by atoms with Crippen LogP contribution in [0.25, 0.3) is 0 Å². The summed E-state index contributed by atoms with van der Waals surface area (Å²) in [7, 11) is -0.290. The van der Waals surface area contributed by atoms with Crippen LogP contribution in [-0.4, -0.2) is 14.0 Å². The van der Waals surface area contributed by atoms with Gasteiger partial charge in [0.1, 0.15) is 0 Å². The summed E-state index contributed by atoms with van der Waals surface area (Å²) < 4.78 is -0.0350. The van der Waals surface area contributed by atoms with Crippen molar-refractivity contribution in [2.24, 2.45) is 5.92 Å². The van der Waals surface area contributed by atoms with Gasteiger partial charge in [-0.3, -0.25) is 0 Å². The minimum atomic E-state index is -0.290. The summed E-state index contributed by atoms with van der Waals surface area (Å²) >= 11 is 12.2. The predicted octanol–water partition coefficient (Wildman–Crippen LogP) is 11.4. The van der Waals surface area contributed by atoms with Gasteiger partial charge in [-0.25, -0.2) is 0 Å². The molecule has 194 valence electrons. The molecule has 0 spiro atoms. The third-order valence-electron chi connectivity index (χ3n) is 7.22. The van der Waals surface area contributed by atoms with Crippen LogP contribution in [0.5, 0.6) is 0 Å². The van der Waals surface area contributed by atoms with Gasteiger partial charge in [0.25, 0.3) is 0 Å². The van der Waals surface area contributed by atoms with Crippen molar-refractivity contribution in [2.75, 3.05) is 0 Å². The fourth-order valence-electron chi connectivity index (χ4n) is 4.99. The first-order valence-electron chi connectivity index (χ1n) is 15.0. The Morgan fingerprint density at radius 2 is 0.719 bits per heavy atom. The monoisotopic (exact) mass is 506 g/mol. The van der Waals surface area contributed by atoms with Crippen molar-refractivity contribution in [1.29, 1.82) is 0 Å². The summed E-state index contributed by atoms with van der Waals surface area (Å²) in [5.41, 5.74) is 0. The number of hydrogen-bond acceptors (Lipinski definition) is 0. The number of unbranched alkanes of at least 4 members (excludes halogenated alkanes) is 20. The number of halogens is 2. The van der Waals surface area contributed by atoms with Crippen molar-refractivity contribution in [3.8, 4) is 0 Å². The van der Waals surface area contributed by atoms with E-state index in [4.69, 9.17) is 23.2 Å². The molecule has 0 aromatic rings. The molecule has 0 saturated heterocycles. The highest BCUT2D eigenvalue weighted by molar-refractivity contribution is 6.68. The van der Waals surface area contributed by atoms with Crippen LogP contribution in [0, 0.1) is 5.92 Å². The molecule has 0 aromatic carbocycles. The van der Waals surface area contributed by atoms with E-state index < -0.39 is 0 Å². The SMILES string of the molecule is CCCCCCCCCCCCCCC(CCCCCCCCCCCC)C[SiH2]C(Cl)Cl. The summed E-state index contributed by atoms with van der Waals surface area (Å²) in [5.74, 6) is 0.916. The first kappa shape index (κ1) is 32.8. The lowest BCUT2D eigenvalue weighted by Gasteiger charge is -2.17. The normalized spacial score (nSPS) is 13.0. The van der Waals surface area contributed by atoms with Crippen molar-refractivity contribution in [1.82, 2.24) is 0 Å². The summed E-state index contributed by atoms with van der Waals surface area (Å²) in [6.07, 6.45) is 34.6. The van der Waals surface area contributed by atoms with Crippen LogP contribution in [0.1, 0.15) is 168 Å². The van der Waals surface area contributed by atoms with Gasteiger partial charge in [0.15, 0.2) is 0 Å². The maximum Gasteiger partial charge on any atom is 0.0908 e. The Morgan fingerprint density at radius 1 is 0.438 bits per heavy atom. The summed E-state index contributed by atoms with van der Waals surface area (Å²) in [4.78, 5) is 0. The van der Waals surface area contributed by atoms with Gasteiger partial charge >= 0.3 is 0 Å². The summed E-state index contributed by atoms with van der Waals surface area (Å²) in [6.45, 7) is 4.60. The maximum atomic E-state index is 6.09. The molecule has 0 bridgehead atoms. The van der Waals surface area contributed by atoms with Gasteiger partial charge in [0.05, 0.1) is 14.0 Å². The average Bonchev–Trinajstić information content (AvgIpc) is 2.78. The lowest BCUT2D eigenvalue weighted by molar-refractivity contribution is 0.428. The van der Waals surface area contributed by atoms with E-state index in [0.29, 0.717) is 0 Å². The second-order valence-electron chi connectivity index (χ2n) is 10.5. The third-order valence-corrected chi connectivity index (χ3v) is 10.1. The first-order chi connectivity index (χ1) is 15.7. The largest absolute Gasteiger partial charge is 0.110 e. The van der Waals surface area contributed by atoms with E-state index >= 15 is 0 Å². The van der Waals surface area contributed by atoms with Crippen LogP contribution in [0.2, 0.25) is 6.04 Å². The van der Waals surface area contributed by atoms with Crippen molar-refractivity contribution < 1.29 is 0 Å². The van der Waals surface area contributed by atoms with Crippen molar-refractivity contribution >= 4 is 32.7 Å². The Morgan fingerprint density at radius 3 is 1.00 bits per heavy atom. The molecular formula is C29H60Cl2Si. The van der Waals surface area contributed by atoms with Crippen molar-refractivity contribution in [2.45, 2.75) is 178 Å². The molecule has 1 atom stereocenters. The Hall–Kier alpha value is 0.797.